The van der Waals surface area contributed by atoms with Crippen molar-refractivity contribution in [1.82, 2.24) is 9.88 Å². The minimum absolute atomic E-state index is 0.0688. The van der Waals surface area contributed by atoms with Crippen molar-refractivity contribution in [3.63, 3.8) is 0 Å². The van der Waals surface area contributed by atoms with Gasteiger partial charge in [0.2, 0.25) is 5.78 Å². The van der Waals surface area contributed by atoms with Crippen molar-refractivity contribution in [3.8, 4) is 5.75 Å². The molecule has 110 valence electrons. The molecule has 1 unspecified atom stereocenters. The molecule has 0 bridgehead atoms. The summed E-state index contributed by atoms with van der Waals surface area (Å²) in [5, 5.41) is 0. The van der Waals surface area contributed by atoms with Crippen LogP contribution in [0.4, 0.5) is 0 Å². The van der Waals surface area contributed by atoms with Crippen LogP contribution in [-0.2, 0) is 0 Å². The summed E-state index contributed by atoms with van der Waals surface area (Å²) in [7, 11) is 1.58. The number of pyridine rings is 1. The summed E-state index contributed by atoms with van der Waals surface area (Å²) in [5.74, 6) is 0.633. The van der Waals surface area contributed by atoms with Crippen molar-refractivity contribution in [2.75, 3.05) is 20.2 Å². The predicted octanol–water partition coefficient (Wildman–Crippen LogP) is 2.93. The van der Waals surface area contributed by atoms with Crippen molar-refractivity contribution < 1.29 is 9.53 Å². The van der Waals surface area contributed by atoms with Gasteiger partial charge in [-0.25, -0.2) is 4.98 Å². The smallest absolute Gasteiger partial charge is 0.204 e. The minimum Gasteiger partial charge on any atom is -0.494 e. The second kappa shape index (κ2) is 6.35. The fraction of sp³-hybridized carbons (Fsp3) is 0.625. The first kappa shape index (κ1) is 15.0. The molecule has 0 radical (unpaired) electrons. The van der Waals surface area contributed by atoms with E-state index in [2.05, 4.69) is 16.8 Å². The molecular formula is C16H24N2O2. The van der Waals surface area contributed by atoms with Crippen LogP contribution >= 0.6 is 0 Å². The van der Waals surface area contributed by atoms with Gasteiger partial charge in [-0.2, -0.15) is 0 Å². The maximum absolute atomic E-state index is 13.0. The van der Waals surface area contributed by atoms with Gasteiger partial charge >= 0.3 is 0 Å². The summed E-state index contributed by atoms with van der Waals surface area (Å²) in [6.07, 6.45) is 6.04. The quantitative estimate of drug-likeness (QED) is 0.775. The van der Waals surface area contributed by atoms with Gasteiger partial charge in [-0.05, 0) is 51.4 Å². The molecule has 1 aromatic heterocycles. The third kappa shape index (κ3) is 2.70. The highest BCUT2D eigenvalue weighted by Gasteiger charge is 2.40. The Bertz CT molecular complexity index is 469. The molecule has 1 saturated heterocycles. The normalized spacial score (nSPS) is 19.4. The van der Waals surface area contributed by atoms with E-state index >= 15 is 0 Å². The number of methoxy groups -OCH3 is 1. The number of carbonyl (C=O) groups is 1. The molecule has 2 heterocycles. The molecule has 0 amide bonds. The monoisotopic (exact) mass is 276 g/mol. The standard InChI is InChI=1S/C16H24N2O2/c1-4-16(2,18-11-6-5-7-12-18)15(19)14-13(20-3)9-8-10-17-14/h8-10H,4-7,11-12H2,1-3H3. The van der Waals surface area contributed by atoms with Gasteiger partial charge in [0.05, 0.1) is 12.6 Å². The lowest BCUT2D eigenvalue weighted by molar-refractivity contribution is 0.0497. The van der Waals surface area contributed by atoms with E-state index in [-0.39, 0.29) is 5.78 Å². The van der Waals surface area contributed by atoms with E-state index in [9.17, 15) is 4.79 Å². The van der Waals surface area contributed by atoms with Gasteiger partial charge in [0.25, 0.3) is 0 Å². The van der Waals surface area contributed by atoms with Gasteiger partial charge in [0.15, 0.2) is 0 Å². The Morgan fingerprint density at radius 1 is 1.40 bits per heavy atom. The molecule has 1 fully saturated rings. The number of rotatable bonds is 5. The van der Waals surface area contributed by atoms with E-state index < -0.39 is 5.54 Å². The fourth-order valence-corrected chi connectivity index (χ4v) is 2.90. The molecule has 1 aromatic rings. The van der Waals surface area contributed by atoms with Crippen LogP contribution in [0.25, 0.3) is 0 Å². The van der Waals surface area contributed by atoms with Crippen LogP contribution in [0.3, 0.4) is 0 Å². The van der Waals surface area contributed by atoms with Crippen molar-refractivity contribution in [3.05, 3.63) is 24.0 Å². The lowest BCUT2D eigenvalue weighted by atomic mass is 9.87. The Morgan fingerprint density at radius 3 is 2.70 bits per heavy atom. The maximum atomic E-state index is 13.0. The molecule has 0 N–H and O–H groups in total. The Kier molecular flexibility index (Phi) is 4.76. The predicted molar refractivity (Wildman–Crippen MR) is 79.2 cm³/mol. The Hall–Kier alpha value is -1.42. The number of hydrogen-bond acceptors (Lipinski definition) is 4. The van der Waals surface area contributed by atoms with E-state index in [0.29, 0.717) is 11.4 Å². The topological polar surface area (TPSA) is 42.4 Å². The van der Waals surface area contributed by atoms with E-state index in [1.807, 2.05) is 6.92 Å². The number of ether oxygens (including phenoxy) is 1. The summed E-state index contributed by atoms with van der Waals surface area (Å²) in [6.45, 7) is 6.09. The third-order valence-corrected chi connectivity index (χ3v) is 4.44. The summed E-state index contributed by atoms with van der Waals surface area (Å²) >= 11 is 0. The molecule has 4 heteroatoms. The molecule has 0 saturated carbocycles. The van der Waals surface area contributed by atoms with Crippen molar-refractivity contribution in [2.45, 2.75) is 45.1 Å². The number of piperidine rings is 1. The number of ketones is 1. The number of nitrogens with zero attached hydrogens (tertiary/aromatic N) is 2. The van der Waals surface area contributed by atoms with Crippen LogP contribution in [-0.4, -0.2) is 41.4 Å². The zero-order valence-electron chi connectivity index (χ0n) is 12.7. The van der Waals surface area contributed by atoms with Crippen LogP contribution in [0, 0.1) is 0 Å². The van der Waals surface area contributed by atoms with Crippen LogP contribution in [0.1, 0.15) is 50.0 Å². The molecule has 1 aliphatic rings. The molecular weight excluding hydrogens is 252 g/mol. The Labute approximate surface area is 121 Å². The second-order valence-electron chi connectivity index (χ2n) is 5.56. The third-order valence-electron chi connectivity index (χ3n) is 4.44. The summed E-state index contributed by atoms with van der Waals surface area (Å²) in [5.41, 5.74) is -0.0351. The van der Waals surface area contributed by atoms with Crippen LogP contribution in [0.2, 0.25) is 0 Å². The second-order valence-corrected chi connectivity index (χ2v) is 5.56. The number of hydrogen-bond donors (Lipinski definition) is 0. The minimum atomic E-state index is -0.484. The number of Topliss-reactive ketones (excluding diaryl/α,β-unsaturated/α-hetero) is 1. The van der Waals surface area contributed by atoms with Crippen LogP contribution < -0.4 is 4.74 Å². The Morgan fingerprint density at radius 2 is 2.10 bits per heavy atom. The van der Waals surface area contributed by atoms with Gasteiger partial charge in [-0.3, -0.25) is 9.69 Å². The molecule has 0 aromatic carbocycles. The van der Waals surface area contributed by atoms with Crippen molar-refractivity contribution >= 4 is 5.78 Å². The van der Waals surface area contributed by atoms with Crippen molar-refractivity contribution in [1.29, 1.82) is 0 Å². The van der Waals surface area contributed by atoms with E-state index in [0.717, 1.165) is 19.5 Å². The van der Waals surface area contributed by atoms with Gasteiger partial charge < -0.3 is 4.74 Å². The van der Waals surface area contributed by atoms with Crippen LogP contribution in [0.15, 0.2) is 18.3 Å². The van der Waals surface area contributed by atoms with Crippen LogP contribution in [0.5, 0.6) is 5.75 Å². The van der Waals surface area contributed by atoms with Gasteiger partial charge in [-0.15, -0.1) is 0 Å². The van der Waals surface area contributed by atoms with E-state index in [1.165, 1.54) is 19.3 Å². The number of carbonyl (C=O) groups excluding carboxylic acids is 1. The lowest BCUT2D eigenvalue weighted by Crippen LogP contribution is -2.54. The molecule has 0 spiro atoms. The van der Waals surface area contributed by atoms with Gasteiger partial charge in [0.1, 0.15) is 11.4 Å². The summed E-state index contributed by atoms with van der Waals surface area (Å²) in [6, 6.07) is 3.59. The number of likely N-dealkylation sites (tertiary alicyclic amines) is 1. The highest BCUT2D eigenvalue weighted by atomic mass is 16.5. The van der Waals surface area contributed by atoms with E-state index in [1.54, 1.807) is 25.4 Å². The molecule has 1 atom stereocenters. The zero-order chi connectivity index (χ0) is 14.6. The van der Waals surface area contributed by atoms with E-state index in [4.69, 9.17) is 4.74 Å². The highest BCUT2D eigenvalue weighted by molar-refractivity contribution is 6.03. The first-order chi connectivity index (χ1) is 9.63. The first-order valence-corrected chi connectivity index (χ1v) is 7.42. The molecule has 4 nitrogen and oxygen atoms in total. The zero-order valence-corrected chi connectivity index (χ0v) is 12.7. The molecule has 1 aliphatic heterocycles. The maximum Gasteiger partial charge on any atom is 0.204 e. The molecule has 2 rings (SSSR count). The van der Waals surface area contributed by atoms with Crippen molar-refractivity contribution in [2.24, 2.45) is 0 Å². The van der Waals surface area contributed by atoms with Gasteiger partial charge in [-0.1, -0.05) is 13.3 Å². The Balaban J connectivity index is 2.32. The summed E-state index contributed by atoms with van der Waals surface area (Å²) in [4.78, 5) is 19.6. The largest absolute Gasteiger partial charge is 0.494 e. The average molecular weight is 276 g/mol. The average Bonchev–Trinajstić information content (AvgIpc) is 2.54. The molecule has 20 heavy (non-hydrogen) atoms. The lowest BCUT2D eigenvalue weighted by Gasteiger charge is -2.41. The van der Waals surface area contributed by atoms with Gasteiger partial charge in [0, 0.05) is 6.20 Å². The number of aromatic nitrogens is 1. The first-order valence-electron chi connectivity index (χ1n) is 7.42. The SMILES string of the molecule is CCC(C)(C(=O)c1ncccc1OC)N1CCCCC1. The highest BCUT2D eigenvalue weighted by Crippen LogP contribution is 2.30. The summed E-state index contributed by atoms with van der Waals surface area (Å²) < 4.78 is 5.29. The fourth-order valence-electron chi connectivity index (χ4n) is 2.90. The molecule has 0 aliphatic carbocycles.